The molecule has 0 aliphatic carbocycles. The molecular formula is C14H21NO4. The molecule has 19 heavy (non-hydrogen) atoms. The largest absolute Gasteiger partial charge is 0.497 e. The molecule has 0 aliphatic heterocycles. The van der Waals surface area contributed by atoms with Crippen molar-refractivity contribution in [2.24, 2.45) is 0 Å². The number of hydrogen-bond acceptors (Lipinski definition) is 4. The summed E-state index contributed by atoms with van der Waals surface area (Å²) in [5.74, 6) is 0.851. The highest BCUT2D eigenvalue weighted by atomic mass is 16.5. The van der Waals surface area contributed by atoms with Crippen LogP contribution in [0.1, 0.15) is 30.1 Å². The zero-order valence-electron chi connectivity index (χ0n) is 11.6. The zero-order valence-corrected chi connectivity index (χ0v) is 11.6. The molecule has 5 nitrogen and oxygen atoms in total. The van der Waals surface area contributed by atoms with Gasteiger partial charge in [-0.15, -0.1) is 0 Å². The number of hydrogen-bond donors (Lipinski definition) is 2. The number of carbonyl (C=O) groups is 1. The Labute approximate surface area is 113 Å². The van der Waals surface area contributed by atoms with Gasteiger partial charge in [0.25, 0.3) is 5.91 Å². The van der Waals surface area contributed by atoms with Crippen LogP contribution in [0.5, 0.6) is 11.5 Å². The van der Waals surface area contributed by atoms with E-state index >= 15 is 0 Å². The SMILES string of the molecule is CCCC(O)CNC(=O)c1cc(OC)cc(OC)c1. The highest BCUT2D eigenvalue weighted by molar-refractivity contribution is 5.95. The minimum absolute atomic E-state index is 0.242. The van der Waals surface area contributed by atoms with Gasteiger partial charge in [-0.25, -0.2) is 0 Å². The molecule has 1 amide bonds. The molecule has 1 atom stereocenters. The molecule has 1 aromatic rings. The summed E-state index contributed by atoms with van der Waals surface area (Å²) >= 11 is 0. The van der Waals surface area contributed by atoms with Crippen LogP contribution in [0.25, 0.3) is 0 Å². The van der Waals surface area contributed by atoms with E-state index in [0.29, 0.717) is 23.5 Å². The van der Waals surface area contributed by atoms with E-state index in [1.807, 2.05) is 6.92 Å². The van der Waals surface area contributed by atoms with Gasteiger partial charge in [-0.3, -0.25) is 4.79 Å². The van der Waals surface area contributed by atoms with Gasteiger partial charge in [0.05, 0.1) is 20.3 Å². The van der Waals surface area contributed by atoms with Crippen LogP contribution in [-0.4, -0.2) is 37.9 Å². The van der Waals surface area contributed by atoms with E-state index in [-0.39, 0.29) is 12.5 Å². The Morgan fingerprint density at radius 2 is 1.84 bits per heavy atom. The first-order chi connectivity index (χ1) is 9.10. The fraction of sp³-hybridized carbons (Fsp3) is 0.500. The summed E-state index contributed by atoms with van der Waals surface area (Å²) in [6.45, 7) is 2.23. The lowest BCUT2D eigenvalue weighted by molar-refractivity contribution is 0.0909. The predicted octanol–water partition coefficient (Wildman–Crippen LogP) is 1.59. The quantitative estimate of drug-likeness (QED) is 0.787. The maximum Gasteiger partial charge on any atom is 0.251 e. The second kappa shape index (κ2) is 7.63. The third kappa shape index (κ3) is 4.79. The molecule has 0 fully saturated rings. The lowest BCUT2D eigenvalue weighted by Crippen LogP contribution is -2.32. The normalized spacial score (nSPS) is 11.8. The minimum Gasteiger partial charge on any atom is -0.497 e. The van der Waals surface area contributed by atoms with Crippen LogP contribution < -0.4 is 14.8 Å². The van der Waals surface area contributed by atoms with Crippen LogP contribution >= 0.6 is 0 Å². The van der Waals surface area contributed by atoms with Crippen molar-refractivity contribution in [1.29, 1.82) is 0 Å². The number of aliphatic hydroxyl groups excluding tert-OH is 1. The Bertz CT molecular complexity index is 398. The summed E-state index contributed by atoms with van der Waals surface area (Å²) < 4.78 is 10.2. The molecule has 0 saturated carbocycles. The van der Waals surface area contributed by atoms with Crippen molar-refractivity contribution in [3.8, 4) is 11.5 Å². The fourth-order valence-electron chi connectivity index (χ4n) is 1.69. The molecule has 0 bridgehead atoms. The molecule has 0 radical (unpaired) electrons. The second-order valence-corrected chi connectivity index (χ2v) is 4.25. The Morgan fingerprint density at radius 1 is 1.26 bits per heavy atom. The van der Waals surface area contributed by atoms with Gasteiger partial charge in [0.2, 0.25) is 0 Å². The van der Waals surface area contributed by atoms with Crippen molar-refractivity contribution in [3.63, 3.8) is 0 Å². The smallest absolute Gasteiger partial charge is 0.251 e. The van der Waals surface area contributed by atoms with Gasteiger partial charge >= 0.3 is 0 Å². The molecule has 0 saturated heterocycles. The van der Waals surface area contributed by atoms with Crippen molar-refractivity contribution in [1.82, 2.24) is 5.32 Å². The Kier molecular flexibility index (Phi) is 6.15. The van der Waals surface area contributed by atoms with Gasteiger partial charge < -0.3 is 19.9 Å². The number of methoxy groups -OCH3 is 2. The van der Waals surface area contributed by atoms with Crippen molar-refractivity contribution in [3.05, 3.63) is 23.8 Å². The summed E-state index contributed by atoms with van der Waals surface area (Å²) in [5, 5.41) is 12.3. The Hall–Kier alpha value is -1.75. The maximum atomic E-state index is 12.0. The first kappa shape index (κ1) is 15.3. The molecule has 0 aliphatic rings. The summed E-state index contributed by atoms with van der Waals surface area (Å²) in [6.07, 6.45) is 1.03. The number of aliphatic hydroxyl groups is 1. The van der Waals surface area contributed by atoms with E-state index in [4.69, 9.17) is 9.47 Å². The average molecular weight is 267 g/mol. The average Bonchev–Trinajstić information content (AvgIpc) is 2.44. The fourth-order valence-corrected chi connectivity index (χ4v) is 1.69. The number of nitrogens with one attached hydrogen (secondary N) is 1. The number of rotatable bonds is 7. The third-order valence-electron chi connectivity index (χ3n) is 2.73. The zero-order chi connectivity index (χ0) is 14.3. The van der Waals surface area contributed by atoms with Crippen LogP contribution in [0.3, 0.4) is 0 Å². The first-order valence-corrected chi connectivity index (χ1v) is 6.30. The summed E-state index contributed by atoms with van der Waals surface area (Å²) in [7, 11) is 3.06. The molecule has 5 heteroatoms. The molecular weight excluding hydrogens is 246 g/mol. The van der Waals surface area contributed by atoms with E-state index < -0.39 is 6.10 Å². The van der Waals surface area contributed by atoms with Gasteiger partial charge in [0.1, 0.15) is 11.5 Å². The topological polar surface area (TPSA) is 67.8 Å². The van der Waals surface area contributed by atoms with Gasteiger partial charge in [-0.05, 0) is 18.6 Å². The van der Waals surface area contributed by atoms with E-state index in [2.05, 4.69) is 5.32 Å². The van der Waals surface area contributed by atoms with Crippen molar-refractivity contribution in [2.75, 3.05) is 20.8 Å². The molecule has 0 aromatic heterocycles. The lowest BCUT2D eigenvalue weighted by atomic mass is 10.1. The van der Waals surface area contributed by atoms with Crippen molar-refractivity contribution < 1.29 is 19.4 Å². The second-order valence-electron chi connectivity index (χ2n) is 4.25. The molecule has 1 unspecified atom stereocenters. The highest BCUT2D eigenvalue weighted by Gasteiger charge is 2.11. The molecule has 106 valence electrons. The van der Waals surface area contributed by atoms with E-state index in [1.165, 1.54) is 14.2 Å². The monoisotopic (exact) mass is 267 g/mol. The van der Waals surface area contributed by atoms with Crippen LogP contribution in [-0.2, 0) is 0 Å². The van der Waals surface area contributed by atoms with Crippen LogP contribution in [0.4, 0.5) is 0 Å². The standard InChI is InChI=1S/C14H21NO4/c1-4-5-11(16)9-15-14(17)10-6-12(18-2)8-13(7-10)19-3/h6-8,11,16H,4-5,9H2,1-3H3,(H,15,17). The summed E-state index contributed by atoms with van der Waals surface area (Å²) in [5.41, 5.74) is 0.444. The highest BCUT2D eigenvalue weighted by Crippen LogP contribution is 2.22. The van der Waals surface area contributed by atoms with Crippen molar-refractivity contribution in [2.45, 2.75) is 25.9 Å². The molecule has 2 N–H and O–H groups in total. The predicted molar refractivity (Wildman–Crippen MR) is 72.8 cm³/mol. The van der Waals surface area contributed by atoms with E-state index in [9.17, 15) is 9.90 Å². The molecule has 0 spiro atoms. The number of ether oxygens (including phenoxy) is 2. The number of benzene rings is 1. The minimum atomic E-state index is -0.513. The third-order valence-corrected chi connectivity index (χ3v) is 2.73. The Balaban J connectivity index is 2.70. The van der Waals surface area contributed by atoms with Gasteiger partial charge in [0.15, 0.2) is 0 Å². The van der Waals surface area contributed by atoms with Crippen LogP contribution in [0, 0.1) is 0 Å². The van der Waals surface area contributed by atoms with Gasteiger partial charge in [-0.2, -0.15) is 0 Å². The van der Waals surface area contributed by atoms with Crippen LogP contribution in [0.15, 0.2) is 18.2 Å². The number of amides is 1. The molecule has 1 aromatic carbocycles. The Morgan fingerprint density at radius 3 is 2.32 bits per heavy atom. The molecule has 1 rings (SSSR count). The van der Waals surface area contributed by atoms with E-state index in [0.717, 1.165) is 6.42 Å². The number of carbonyl (C=O) groups excluding carboxylic acids is 1. The van der Waals surface area contributed by atoms with Crippen molar-refractivity contribution >= 4 is 5.91 Å². The van der Waals surface area contributed by atoms with Crippen LogP contribution in [0.2, 0.25) is 0 Å². The van der Waals surface area contributed by atoms with E-state index in [1.54, 1.807) is 18.2 Å². The lowest BCUT2D eigenvalue weighted by Gasteiger charge is -2.12. The summed E-state index contributed by atoms with van der Waals surface area (Å²) in [6, 6.07) is 4.96. The molecule has 0 heterocycles. The van der Waals surface area contributed by atoms with Gasteiger partial charge in [-0.1, -0.05) is 13.3 Å². The first-order valence-electron chi connectivity index (χ1n) is 6.30. The maximum absolute atomic E-state index is 12.0. The van der Waals surface area contributed by atoms with Gasteiger partial charge in [0, 0.05) is 18.2 Å². The summed E-state index contributed by atoms with van der Waals surface area (Å²) in [4.78, 5) is 12.0.